The highest BCUT2D eigenvalue weighted by atomic mass is 35.5. The van der Waals surface area contributed by atoms with Gasteiger partial charge in [0.15, 0.2) is 11.6 Å². The summed E-state index contributed by atoms with van der Waals surface area (Å²) in [6.07, 6.45) is 5.08. The molecule has 0 saturated heterocycles. The fourth-order valence-electron chi connectivity index (χ4n) is 3.27. The lowest BCUT2D eigenvalue weighted by molar-refractivity contribution is 0.0893. The summed E-state index contributed by atoms with van der Waals surface area (Å²) in [7, 11) is 0. The smallest absolute Gasteiger partial charge is 0.253 e. The Morgan fingerprint density at radius 3 is 2.35 bits per heavy atom. The minimum absolute atomic E-state index is 0.0124. The number of hydrogen-bond acceptors (Lipinski definition) is 1. The van der Waals surface area contributed by atoms with Crippen molar-refractivity contribution in [1.82, 2.24) is 5.32 Å². The maximum Gasteiger partial charge on any atom is 0.253 e. The predicted octanol–water partition coefficient (Wildman–Crippen LogP) is 5.34. The highest BCUT2D eigenvalue weighted by Crippen LogP contribution is 2.40. The van der Waals surface area contributed by atoms with Gasteiger partial charge in [0.05, 0.1) is 10.6 Å². The van der Waals surface area contributed by atoms with Gasteiger partial charge >= 0.3 is 0 Å². The number of halogens is 3. The fourth-order valence-corrected chi connectivity index (χ4v) is 3.50. The van der Waals surface area contributed by atoms with Crippen molar-refractivity contribution >= 4 is 17.5 Å². The molecule has 1 N–H and O–H groups in total. The van der Waals surface area contributed by atoms with Crippen molar-refractivity contribution < 1.29 is 13.6 Å². The standard InChI is InChI=1S/C18H24ClF2NO/c1-4-18(2,3)11-5-7-12(8-6-11)22-17(23)13-9-15(20)16(21)10-14(13)19/h9-12H,4-8H2,1-3H3,(H,22,23). The van der Waals surface area contributed by atoms with Crippen LogP contribution in [-0.2, 0) is 0 Å². The van der Waals surface area contributed by atoms with Gasteiger partial charge in [-0.15, -0.1) is 0 Å². The van der Waals surface area contributed by atoms with E-state index in [9.17, 15) is 13.6 Å². The van der Waals surface area contributed by atoms with E-state index in [-0.39, 0.29) is 16.6 Å². The Bertz CT molecular complexity index is 581. The van der Waals surface area contributed by atoms with Crippen LogP contribution in [-0.4, -0.2) is 11.9 Å². The first-order chi connectivity index (χ1) is 10.7. The molecule has 0 aromatic heterocycles. The first-order valence-electron chi connectivity index (χ1n) is 8.20. The van der Waals surface area contributed by atoms with Crippen LogP contribution in [0.15, 0.2) is 12.1 Å². The summed E-state index contributed by atoms with van der Waals surface area (Å²) in [5, 5.41) is 2.83. The summed E-state index contributed by atoms with van der Waals surface area (Å²) >= 11 is 5.85. The van der Waals surface area contributed by atoms with E-state index in [1.807, 2.05) is 0 Å². The third-order valence-corrected chi connectivity index (χ3v) is 5.65. The van der Waals surface area contributed by atoms with E-state index < -0.39 is 17.5 Å². The number of rotatable bonds is 4. The molecule has 1 aliphatic rings. The Kier molecular flexibility index (Phi) is 5.66. The lowest BCUT2D eigenvalue weighted by Crippen LogP contribution is -2.40. The molecule has 128 valence electrons. The highest BCUT2D eigenvalue weighted by Gasteiger charge is 2.32. The van der Waals surface area contributed by atoms with Crippen LogP contribution < -0.4 is 5.32 Å². The molecule has 2 rings (SSSR count). The Balaban J connectivity index is 1.97. The summed E-state index contributed by atoms with van der Waals surface area (Å²) < 4.78 is 26.4. The largest absolute Gasteiger partial charge is 0.349 e. The van der Waals surface area contributed by atoms with Gasteiger partial charge in [-0.25, -0.2) is 8.78 Å². The Hall–Kier alpha value is -1.16. The molecule has 0 spiro atoms. The van der Waals surface area contributed by atoms with Gasteiger partial charge < -0.3 is 5.32 Å². The first-order valence-corrected chi connectivity index (χ1v) is 8.57. The summed E-state index contributed by atoms with van der Waals surface area (Å²) in [5.74, 6) is -1.89. The minimum Gasteiger partial charge on any atom is -0.349 e. The molecule has 1 fully saturated rings. The molecule has 0 unspecified atom stereocenters. The minimum atomic E-state index is -1.06. The molecule has 0 radical (unpaired) electrons. The number of carbonyl (C=O) groups excluding carboxylic acids is 1. The van der Waals surface area contributed by atoms with Crippen LogP contribution in [0.1, 0.15) is 63.2 Å². The summed E-state index contributed by atoms with van der Waals surface area (Å²) in [5.41, 5.74) is 0.305. The first kappa shape index (κ1) is 18.2. The molecule has 5 heteroatoms. The van der Waals surface area contributed by atoms with Crippen molar-refractivity contribution in [2.75, 3.05) is 0 Å². The molecular formula is C18H24ClF2NO. The molecule has 0 atom stereocenters. The molecule has 1 aromatic rings. The second-order valence-electron chi connectivity index (χ2n) is 7.11. The second kappa shape index (κ2) is 7.16. The number of benzene rings is 1. The van der Waals surface area contributed by atoms with E-state index in [0.717, 1.165) is 44.2 Å². The van der Waals surface area contributed by atoms with Crippen molar-refractivity contribution in [3.8, 4) is 0 Å². The molecular weight excluding hydrogens is 320 g/mol. The lowest BCUT2D eigenvalue weighted by atomic mass is 9.69. The van der Waals surface area contributed by atoms with Gasteiger partial charge in [-0.2, -0.15) is 0 Å². The van der Waals surface area contributed by atoms with Crippen LogP contribution in [0.5, 0.6) is 0 Å². The van der Waals surface area contributed by atoms with Crippen molar-refractivity contribution in [3.05, 3.63) is 34.4 Å². The Morgan fingerprint density at radius 2 is 1.78 bits per heavy atom. The van der Waals surface area contributed by atoms with E-state index in [2.05, 4.69) is 26.1 Å². The molecule has 0 aliphatic heterocycles. The van der Waals surface area contributed by atoms with Crippen LogP contribution >= 0.6 is 11.6 Å². The summed E-state index contributed by atoms with van der Waals surface area (Å²) in [6, 6.07) is 1.77. The van der Waals surface area contributed by atoms with Gasteiger partial charge in [0.2, 0.25) is 0 Å². The van der Waals surface area contributed by atoms with Crippen LogP contribution in [0.3, 0.4) is 0 Å². The quantitative estimate of drug-likeness (QED) is 0.734. The van der Waals surface area contributed by atoms with E-state index in [1.165, 1.54) is 0 Å². The van der Waals surface area contributed by atoms with E-state index in [1.54, 1.807) is 0 Å². The fraction of sp³-hybridized carbons (Fsp3) is 0.611. The van der Waals surface area contributed by atoms with Crippen molar-refractivity contribution in [2.24, 2.45) is 11.3 Å². The molecule has 1 amide bonds. The van der Waals surface area contributed by atoms with Crippen LogP contribution in [0.4, 0.5) is 8.78 Å². The molecule has 1 aliphatic carbocycles. The van der Waals surface area contributed by atoms with Gasteiger partial charge in [-0.3, -0.25) is 4.79 Å². The average molecular weight is 344 g/mol. The Morgan fingerprint density at radius 1 is 1.22 bits per heavy atom. The van der Waals surface area contributed by atoms with Gasteiger partial charge in [0.1, 0.15) is 0 Å². The van der Waals surface area contributed by atoms with E-state index >= 15 is 0 Å². The zero-order valence-corrected chi connectivity index (χ0v) is 14.6. The molecule has 1 saturated carbocycles. The SMILES string of the molecule is CCC(C)(C)C1CCC(NC(=O)c2cc(F)c(F)cc2Cl)CC1. The lowest BCUT2D eigenvalue weighted by Gasteiger charge is -2.39. The van der Waals surface area contributed by atoms with Gasteiger partial charge in [-0.1, -0.05) is 38.8 Å². The van der Waals surface area contributed by atoms with Crippen molar-refractivity contribution in [1.29, 1.82) is 0 Å². The predicted molar refractivity (Wildman–Crippen MR) is 88.7 cm³/mol. The highest BCUT2D eigenvalue weighted by molar-refractivity contribution is 6.33. The third-order valence-electron chi connectivity index (χ3n) is 5.33. The van der Waals surface area contributed by atoms with Crippen molar-refractivity contribution in [2.45, 2.75) is 58.9 Å². The van der Waals surface area contributed by atoms with Gasteiger partial charge in [0.25, 0.3) is 5.91 Å². The normalized spacial score (nSPS) is 22.0. The number of hydrogen-bond donors (Lipinski definition) is 1. The van der Waals surface area contributed by atoms with Crippen molar-refractivity contribution in [3.63, 3.8) is 0 Å². The van der Waals surface area contributed by atoms with E-state index in [0.29, 0.717) is 11.3 Å². The zero-order chi connectivity index (χ0) is 17.2. The number of carbonyl (C=O) groups is 1. The topological polar surface area (TPSA) is 29.1 Å². The third kappa shape index (κ3) is 4.23. The number of nitrogens with one attached hydrogen (secondary N) is 1. The summed E-state index contributed by atoms with van der Waals surface area (Å²) in [4.78, 5) is 12.2. The zero-order valence-electron chi connectivity index (χ0n) is 13.9. The molecule has 23 heavy (non-hydrogen) atoms. The second-order valence-corrected chi connectivity index (χ2v) is 7.52. The summed E-state index contributed by atoms with van der Waals surface area (Å²) in [6.45, 7) is 6.79. The maximum absolute atomic E-state index is 13.3. The monoisotopic (exact) mass is 343 g/mol. The van der Waals surface area contributed by atoms with Crippen LogP contribution in [0.25, 0.3) is 0 Å². The van der Waals surface area contributed by atoms with Gasteiger partial charge in [0, 0.05) is 6.04 Å². The van der Waals surface area contributed by atoms with E-state index in [4.69, 9.17) is 11.6 Å². The molecule has 0 heterocycles. The van der Waals surface area contributed by atoms with Crippen LogP contribution in [0.2, 0.25) is 5.02 Å². The van der Waals surface area contributed by atoms with Crippen LogP contribution in [0, 0.1) is 23.0 Å². The number of amides is 1. The maximum atomic E-state index is 13.3. The molecule has 2 nitrogen and oxygen atoms in total. The Labute approximate surface area is 141 Å². The van der Waals surface area contributed by atoms with Gasteiger partial charge in [-0.05, 0) is 49.1 Å². The molecule has 1 aromatic carbocycles. The molecule has 0 bridgehead atoms. The average Bonchev–Trinajstić information content (AvgIpc) is 2.51.